The summed E-state index contributed by atoms with van der Waals surface area (Å²) in [6.07, 6.45) is 2.57. The molecule has 6 heteroatoms. The van der Waals surface area contributed by atoms with Crippen molar-refractivity contribution in [1.29, 1.82) is 0 Å². The van der Waals surface area contributed by atoms with Gasteiger partial charge < -0.3 is 15.0 Å². The van der Waals surface area contributed by atoms with Crippen LogP contribution in [0.3, 0.4) is 0 Å². The van der Waals surface area contributed by atoms with Gasteiger partial charge in [0.1, 0.15) is 5.56 Å². The summed E-state index contributed by atoms with van der Waals surface area (Å²) in [6.45, 7) is 5.89. The first-order chi connectivity index (χ1) is 11.5. The summed E-state index contributed by atoms with van der Waals surface area (Å²) in [5.41, 5.74) is 2.94. The Balaban J connectivity index is 2.42. The van der Waals surface area contributed by atoms with Gasteiger partial charge >= 0.3 is 5.97 Å². The molecular formula is C18H25ClN3O2+. The Hall–Kier alpha value is -1.85. The molecule has 1 aromatic heterocycles. The zero-order valence-corrected chi connectivity index (χ0v) is 15.5. The Kier molecular flexibility index (Phi) is 6.40. The Morgan fingerprint density at radius 1 is 1.38 bits per heavy atom. The minimum Gasteiger partial charge on any atom is -0.462 e. The molecule has 0 aliphatic rings. The lowest BCUT2D eigenvalue weighted by Gasteiger charge is -2.15. The molecule has 2 aromatic rings. The quantitative estimate of drug-likeness (QED) is 0.594. The van der Waals surface area contributed by atoms with Crippen molar-refractivity contribution in [2.24, 2.45) is 0 Å². The van der Waals surface area contributed by atoms with Crippen LogP contribution >= 0.6 is 11.6 Å². The number of ether oxygens (including phenoxy) is 1. The van der Waals surface area contributed by atoms with Crippen molar-refractivity contribution in [2.45, 2.75) is 20.3 Å². The molecule has 0 amide bonds. The maximum atomic E-state index is 12.3. The van der Waals surface area contributed by atoms with Gasteiger partial charge in [-0.05, 0) is 31.5 Å². The number of hydrogen-bond donors (Lipinski definition) is 2. The van der Waals surface area contributed by atoms with E-state index >= 15 is 0 Å². The van der Waals surface area contributed by atoms with E-state index in [1.54, 1.807) is 13.1 Å². The van der Waals surface area contributed by atoms with E-state index in [1.807, 2.05) is 19.1 Å². The molecule has 0 fully saturated rings. The Morgan fingerprint density at radius 3 is 2.79 bits per heavy atom. The third-order valence-electron chi connectivity index (χ3n) is 3.88. The average molecular weight is 351 g/mol. The summed E-state index contributed by atoms with van der Waals surface area (Å²) in [7, 11) is 4.24. The van der Waals surface area contributed by atoms with Gasteiger partial charge in [-0.3, -0.25) is 4.98 Å². The van der Waals surface area contributed by atoms with Crippen LogP contribution in [0.5, 0.6) is 0 Å². The number of carbonyl (C=O) groups is 1. The van der Waals surface area contributed by atoms with E-state index in [-0.39, 0.29) is 5.97 Å². The van der Waals surface area contributed by atoms with E-state index in [1.165, 1.54) is 4.90 Å². The zero-order chi connectivity index (χ0) is 17.7. The van der Waals surface area contributed by atoms with E-state index in [4.69, 9.17) is 16.3 Å². The highest BCUT2D eigenvalue weighted by atomic mass is 35.5. The maximum Gasteiger partial charge on any atom is 0.341 e. The molecule has 0 atom stereocenters. The molecule has 2 rings (SSSR count). The third-order valence-corrected chi connectivity index (χ3v) is 4.29. The largest absolute Gasteiger partial charge is 0.462 e. The summed E-state index contributed by atoms with van der Waals surface area (Å²) in [5.74, 6) is -0.361. The van der Waals surface area contributed by atoms with E-state index < -0.39 is 0 Å². The van der Waals surface area contributed by atoms with E-state index in [0.29, 0.717) is 17.2 Å². The van der Waals surface area contributed by atoms with Crippen LogP contribution in [-0.2, 0) is 4.74 Å². The van der Waals surface area contributed by atoms with Gasteiger partial charge in [-0.25, -0.2) is 4.79 Å². The zero-order valence-electron chi connectivity index (χ0n) is 14.7. The molecular weight excluding hydrogens is 326 g/mol. The van der Waals surface area contributed by atoms with Crippen molar-refractivity contribution in [3.63, 3.8) is 0 Å². The number of quaternary nitrogens is 1. The summed E-state index contributed by atoms with van der Waals surface area (Å²) in [4.78, 5) is 18.1. The summed E-state index contributed by atoms with van der Waals surface area (Å²) in [5, 5.41) is 4.96. The van der Waals surface area contributed by atoms with Crippen LogP contribution in [0.15, 0.2) is 18.3 Å². The topological polar surface area (TPSA) is 55.7 Å². The second kappa shape index (κ2) is 8.31. The van der Waals surface area contributed by atoms with Crippen molar-refractivity contribution in [1.82, 2.24) is 4.98 Å². The van der Waals surface area contributed by atoms with Gasteiger partial charge in [0.2, 0.25) is 0 Å². The van der Waals surface area contributed by atoms with Crippen LogP contribution in [-0.4, -0.2) is 44.7 Å². The van der Waals surface area contributed by atoms with Crippen LogP contribution < -0.4 is 10.2 Å². The lowest BCUT2D eigenvalue weighted by atomic mass is 10.1. The number of nitrogens with zero attached hydrogens (tertiary/aromatic N) is 1. The van der Waals surface area contributed by atoms with Crippen LogP contribution in [0.4, 0.5) is 5.69 Å². The first-order valence-electron chi connectivity index (χ1n) is 8.23. The number of esters is 1. The first kappa shape index (κ1) is 18.5. The van der Waals surface area contributed by atoms with Crippen LogP contribution in [0, 0.1) is 6.92 Å². The number of aryl methyl sites for hydroxylation is 1. The van der Waals surface area contributed by atoms with Crippen molar-refractivity contribution in [2.75, 3.05) is 39.1 Å². The van der Waals surface area contributed by atoms with Crippen molar-refractivity contribution >= 4 is 34.2 Å². The molecule has 0 spiro atoms. The number of benzene rings is 1. The number of nitrogens with one attached hydrogen (secondary N) is 2. The standard InChI is InChI=1S/C18H24ClN3O2/c1-5-24-18(23)14-11-21-16-12(2)15(19)8-7-13(16)17(14)20-9-6-10-22(3)4/h7-8,11H,5-6,9-10H2,1-4H3,(H,20,21)/p+1. The smallest absolute Gasteiger partial charge is 0.341 e. The highest BCUT2D eigenvalue weighted by molar-refractivity contribution is 6.32. The normalized spacial score (nSPS) is 11.1. The number of halogens is 1. The SMILES string of the molecule is CCOC(=O)c1cnc2c(C)c(Cl)ccc2c1NCCC[NH+](C)C. The molecule has 0 aliphatic heterocycles. The predicted octanol–water partition coefficient (Wildman–Crippen LogP) is 2.32. The summed E-state index contributed by atoms with van der Waals surface area (Å²) in [6, 6.07) is 3.74. The fourth-order valence-corrected chi connectivity index (χ4v) is 2.74. The minimum absolute atomic E-state index is 0.333. The number of fused-ring (bicyclic) bond motifs is 1. The molecule has 2 N–H and O–H groups in total. The van der Waals surface area contributed by atoms with Crippen LogP contribution in [0.1, 0.15) is 29.3 Å². The van der Waals surface area contributed by atoms with Gasteiger partial charge in [0.05, 0.1) is 38.5 Å². The van der Waals surface area contributed by atoms with Crippen molar-refractivity contribution in [3.8, 4) is 0 Å². The highest BCUT2D eigenvalue weighted by Gasteiger charge is 2.18. The molecule has 0 radical (unpaired) electrons. The fraction of sp³-hybridized carbons (Fsp3) is 0.444. The Morgan fingerprint density at radius 2 is 2.12 bits per heavy atom. The lowest BCUT2D eigenvalue weighted by Crippen LogP contribution is -3.05. The Bertz CT molecular complexity index is 732. The molecule has 1 aromatic carbocycles. The number of hydrogen-bond acceptors (Lipinski definition) is 4. The van der Waals surface area contributed by atoms with Gasteiger partial charge in [0, 0.05) is 29.6 Å². The number of rotatable bonds is 7. The average Bonchev–Trinajstić information content (AvgIpc) is 2.54. The van der Waals surface area contributed by atoms with Gasteiger partial charge in [0.15, 0.2) is 0 Å². The van der Waals surface area contributed by atoms with Crippen molar-refractivity contribution in [3.05, 3.63) is 34.5 Å². The molecule has 1 heterocycles. The number of aromatic nitrogens is 1. The molecule has 5 nitrogen and oxygen atoms in total. The van der Waals surface area contributed by atoms with Gasteiger partial charge in [-0.2, -0.15) is 0 Å². The van der Waals surface area contributed by atoms with Gasteiger partial charge in [-0.15, -0.1) is 0 Å². The maximum absolute atomic E-state index is 12.3. The monoisotopic (exact) mass is 350 g/mol. The summed E-state index contributed by atoms with van der Waals surface area (Å²) < 4.78 is 5.17. The molecule has 0 bridgehead atoms. The van der Waals surface area contributed by atoms with E-state index in [0.717, 1.165) is 41.7 Å². The van der Waals surface area contributed by atoms with E-state index in [2.05, 4.69) is 24.4 Å². The van der Waals surface area contributed by atoms with Crippen LogP contribution in [0.2, 0.25) is 5.02 Å². The molecule has 0 unspecified atom stereocenters. The lowest BCUT2D eigenvalue weighted by molar-refractivity contribution is -0.858. The van der Waals surface area contributed by atoms with Gasteiger partial charge in [-0.1, -0.05) is 11.6 Å². The molecule has 24 heavy (non-hydrogen) atoms. The van der Waals surface area contributed by atoms with Crippen LogP contribution in [0.25, 0.3) is 10.9 Å². The van der Waals surface area contributed by atoms with E-state index in [9.17, 15) is 4.79 Å². The molecule has 0 saturated heterocycles. The number of anilines is 1. The first-order valence-corrected chi connectivity index (χ1v) is 8.61. The summed E-state index contributed by atoms with van der Waals surface area (Å²) >= 11 is 6.20. The second-order valence-electron chi connectivity index (χ2n) is 6.07. The second-order valence-corrected chi connectivity index (χ2v) is 6.48. The van der Waals surface area contributed by atoms with Crippen molar-refractivity contribution < 1.29 is 14.4 Å². The molecule has 0 saturated carbocycles. The minimum atomic E-state index is -0.361. The Labute approximate surface area is 148 Å². The number of pyridine rings is 1. The third kappa shape index (κ3) is 4.16. The predicted molar refractivity (Wildman–Crippen MR) is 98.2 cm³/mol. The highest BCUT2D eigenvalue weighted by Crippen LogP contribution is 2.31. The molecule has 130 valence electrons. The van der Waals surface area contributed by atoms with Gasteiger partial charge in [0.25, 0.3) is 0 Å². The fourth-order valence-electron chi connectivity index (χ4n) is 2.59. The number of carbonyl (C=O) groups excluding carboxylic acids is 1. The molecule has 0 aliphatic carbocycles.